The molecule has 1 saturated heterocycles. The van der Waals surface area contributed by atoms with E-state index >= 15 is 0 Å². The third-order valence-corrected chi connectivity index (χ3v) is 3.30. The molecule has 7 heteroatoms. The van der Waals surface area contributed by atoms with Crippen LogP contribution < -0.4 is 10.6 Å². The maximum atomic E-state index is 12.0. The van der Waals surface area contributed by atoms with Crippen molar-refractivity contribution < 1.29 is 9.59 Å². The maximum Gasteiger partial charge on any atom is 0.233 e. The fourth-order valence-electron chi connectivity index (χ4n) is 2.19. The summed E-state index contributed by atoms with van der Waals surface area (Å²) in [5, 5.41) is 5.85. The molecule has 20 heavy (non-hydrogen) atoms. The molecule has 0 saturated carbocycles. The second-order valence-electron chi connectivity index (χ2n) is 4.83. The Morgan fingerprint density at radius 1 is 1.25 bits per heavy atom. The molecule has 118 valence electrons. The van der Waals surface area contributed by atoms with Gasteiger partial charge in [-0.05, 0) is 13.0 Å². The van der Waals surface area contributed by atoms with E-state index in [4.69, 9.17) is 0 Å². The van der Waals surface area contributed by atoms with E-state index in [1.54, 1.807) is 7.05 Å². The number of carbonyl (C=O) groups is 2. The van der Waals surface area contributed by atoms with E-state index in [2.05, 4.69) is 17.6 Å². The van der Waals surface area contributed by atoms with E-state index in [0.717, 1.165) is 39.1 Å². The molecule has 0 atom stereocenters. The van der Waals surface area contributed by atoms with Crippen LogP contribution in [0.4, 0.5) is 0 Å². The van der Waals surface area contributed by atoms with Gasteiger partial charge in [0, 0.05) is 46.2 Å². The average Bonchev–Trinajstić information content (AvgIpc) is 2.45. The molecule has 0 radical (unpaired) electrons. The lowest BCUT2D eigenvalue weighted by atomic mass is 10.2. The van der Waals surface area contributed by atoms with Gasteiger partial charge in [0.25, 0.3) is 0 Å². The highest BCUT2D eigenvalue weighted by Gasteiger charge is 2.17. The van der Waals surface area contributed by atoms with Gasteiger partial charge in [-0.2, -0.15) is 0 Å². The SMILES string of the molecule is CCCN(CCC(=O)N1CCNCC1)CC(=O)NC.Cl. The van der Waals surface area contributed by atoms with Crippen molar-refractivity contribution in [2.45, 2.75) is 19.8 Å². The van der Waals surface area contributed by atoms with Gasteiger partial charge in [0.1, 0.15) is 0 Å². The van der Waals surface area contributed by atoms with E-state index in [0.29, 0.717) is 19.5 Å². The summed E-state index contributed by atoms with van der Waals surface area (Å²) in [5.74, 6) is 0.197. The van der Waals surface area contributed by atoms with Crippen molar-refractivity contribution in [3.05, 3.63) is 0 Å². The second-order valence-corrected chi connectivity index (χ2v) is 4.83. The van der Waals surface area contributed by atoms with E-state index in [1.165, 1.54) is 0 Å². The maximum absolute atomic E-state index is 12.0. The number of halogens is 1. The molecule has 2 N–H and O–H groups in total. The van der Waals surface area contributed by atoms with Gasteiger partial charge < -0.3 is 15.5 Å². The summed E-state index contributed by atoms with van der Waals surface area (Å²) in [6, 6.07) is 0. The standard InChI is InChI=1S/C13H26N4O2.ClH/c1-3-7-16(11-12(18)14-2)8-4-13(19)17-9-5-15-6-10-17;/h15H,3-11H2,1-2H3,(H,14,18);1H. The van der Waals surface area contributed by atoms with Crippen molar-refractivity contribution in [1.29, 1.82) is 0 Å². The quantitative estimate of drug-likeness (QED) is 0.677. The van der Waals surface area contributed by atoms with E-state index < -0.39 is 0 Å². The third-order valence-electron chi connectivity index (χ3n) is 3.30. The highest BCUT2D eigenvalue weighted by Crippen LogP contribution is 2.00. The molecule has 1 aliphatic rings. The molecule has 1 rings (SSSR count). The molecule has 0 aromatic carbocycles. The zero-order chi connectivity index (χ0) is 14.1. The molecular weight excluding hydrogens is 280 g/mol. The van der Waals surface area contributed by atoms with Gasteiger partial charge in [0.15, 0.2) is 0 Å². The summed E-state index contributed by atoms with van der Waals surface area (Å²) in [6.45, 7) is 7.30. The molecule has 6 nitrogen and oxygen atoms in total. The Hall–Kier alpha value is -0.850. The Kier molecular flexibility index (Phi) is 10.4. The molecule has 0 unspecified atom stereocenters. The largest absolute Gasteiger partial charge is 0.358 e. The lowest BCUT2D eigenvalue weighted by Gasteiger charge is -2.28. The van der Waals surface area contributed by atoms with Crippen LogP contribution >= 0.6 is 12.4 Å². The number of piperazine rings is 1. The zero-order valence-corrected chi connectivity index (χ0v) is 13.3. The number of nitrogens with zero attached hydrogens (tertiary/aromatic N) is 2. The van der Waals surface area contributed by atoms with Crippen LogP contribution in [0.25, 0.3) is 0 Å². The van der Waals surface area contributed by atoms with Gasteiger partial charge in [-0.1, -0.05) is 6.92 Å². The van der Waals surface area contributed by atoms with Gasteiger partial charge >= 0.3 is 0 Å². The third kappa shape index (κ3) is 7.07. The van der Waals surface area contributed by atoms with Crippen LogP contribution in [0.3, 0.4) is 0 Å². The highest BCUT2D eigenvalue weighted by atomic mass is 35.5. The topological polar surface area (TPSA) is 64.7 Å². The number of hydrogen-bond donors (Lipinski definition) is 2. The molecular formula is C13H27ClN4O2. The van der Waals surface area contributed by atoms with Crippen molar-refractivity contribution in [3.63, 3.8) is 0 Å². The van der Waals surface area contributed by atoms with Crippen LogP contribution in [-0.2, 0) is 9.59 Å². The minimum Gasteiger partial charge on any atom is -0.358 e. The molecule has 0 aromatic rings. The monoisotopic (exact) mass is 306 g/mol. The number of hydrogen-bond acceptors (Lipinski definition) is 4. The summed E-state index contributed by atoms with van der Waals surface area (Å²) in [5.41, 5.74) is 0. The Morgan fingerprint density at radius 2 is 1.90 bits per heavy atom. The predicted octanol–water partition coefficient (Wildman–Crippen LogP) is -0.312. The molecule has 1 aliphatic heterocycles. The first-order valence-corrected chi connectivity index (χ1v) is 7.08. The minimum absolute atomic E-state index is 0. The van der Waals surface area contributed by atoms with E-state index in [9.17, 15) is 9.59 Å². The zero-order valence-electron chi connectivity index (χ0n) is 12.5. The number of rotatable bonds is 7. The average molecular weight is 307 g/mol. The first-order chi connectivity index (χ1) is 9.17. The fourth-order valence-corrected chi connectivity index (χ4v) is 2.19. The fraction of sp³-hybridized carbons (Fsp3) is 0.846. The van der Waals surface area contributed by atoms with Crippen LogP contribution in [0.2, 0.25) is 0 Å². The van der Waals surface area contributed by atoms with Crippen LogP contribution in [0.1, 0.15) is 19.8 Å². The molecule has 1 heterocycles. The first-order valence-electron chi connectivity index (χ1n) is 7.08. The van der Waals surface area contributed by atoms with Crippen LogP contribution in [0.5, 0.6) is 0 Å². The number of amides is 2. The summed E-state index contributed by atoms with van der Waals surface area (Å²) < 4.78 is 0. The molecule has 2 amide bonds. The Morgan fingerprint density at radius 3 is 2.45 bits per heavy atom. The molecule has 0 aliphatic carbocycles. The second kappa shape index (κ2) is 10.9. The molecule has 1 fully saturated rings. The van der Waals surface area contributed by atoms with Gasteiger partial charge in [-0.3, -0.25) is 14.5 Å². The van der Waals surface area contributed by atoms with Gasteiger partial charge in [0.05, 0.1) is 6.54 Å². The van der Waals surface area contributed by atoms with E-state index in [-0.39, 0.29) is 24.2 Å². The smallest absolute Gasteiger partial charge is 0.233 e. The predicted molar refractivity (Wildman–Crippen MR) is 82.1 cm³/mol. The molecule has 0 bridgehead atoms. The summed E-state index contributed by atoms with van der Waals surface area (Å²) >= 11 is 0. The Balaban J connectivity index is 0.00000361. The lowest BCUT2D eigenvalue weighted by Crippen LogP contribution is -2.47. The van der Waals surface area contributed by atoms with Crippen LogP contribution in [0.15, 0.2) is 0 Å². The number of nitrogens with one attached hydrogen (secondary N) is 2. The van der Waals surface area contributed by atoms with E-state index in [1.807, 2.05) is 9.80 Å². The van der Waals surface area contributed by atoms with Crippen molar-refractivity contribution >= 4 is 24.2 Å². The van der Waals surface area contributed by atoms with Gasteiger partial charge in [-0.15, -0.1) is 12.4 Å². The first kappa shape index (κ1) is 19.1. The van der Waals surface area contributed by atoms with Crippen molar-refractivity contribution in [2.75, 3.05) is 52.9 Å². The van der Waals surface area contributed by atoms with Gasteiger partial charge in [0.2, 0.25) is 11.8 Å². The number of carbonyl (C=O) groups excluding carboxylic acids is 2. The Bertz CT molecular complexity index is 296. The van der Waals surface area contributed by atoms with Crippen LogP contribution in [-0.4, -0.2) is 74.5 Å². The minimum atomic E-state index is 0. The normalized spacial score (nSPS) is 14.8. The van der Waals surface area contributed by atoms with Crippen molar-refractivity contribution in [3.8, 4) is 0 Å². The van der Waals surface area contributed by atoms with Crippen molar-refractivity contribution in [1.82, 2.24) is 20.4 Å². The lowest BCUT2D eigenvalue weighted by molar-refractivity contribution is -0.132. The summed E-state index contributed by atoms with van der Waals surface area (Å²) in [7, 11) is 1.64. The Labute approximate surface area is 127 Å². The molecule has 0 spiro atoms. The summed E-state index contributed by atoms with van der Waals surface area (Å²) in [4.78, 5) is 27.4. The van der Waals surface area contributed by atoms with Crippen molar-refractivity contribution in [2.24, 2.45) is 0 Å². The molecule has 0 aromatic heterocycles. The summed E-state index contributed by atoms with van der Waals surface area (Å²) in [6.07, 6.45) is 1.48. The van der Waals surface area contributed by atoms with Crippen LogP contribution in [0, 0.1) is 0 Å². The highest BCUT2D eigenvalue weighted by molar-refractivity contribution is 5.85. The number of likely N-dealkylation sites (N-methyl/N-ethyl adjacent to an activating group) is 1. The van der Waals surface area contributed by atoms with Gasteiger partial charge in [-0.25, -0.2) is 0 Å².